The maximum atomic E-state index is 13.0. The molecule has 0 aliphatic carbocycles. The number of aryl methyl sites for hydroxylation is 1. The number of carboxylic acid groups (broad SMARTS) is 1. The largest absolute Gasteiger partial charge is 0.525 e. The van der Waals surface area contributed by atoms with Crippen LogP contribution in [0.15, 0.2) is 6.20 Å². The Morgan fingerprint density at radius 1 is 1.62 bits per heavy atom. The minimum absolute atomic E-state index is 0.681. The van der Waals surface area contributed by atoms with Gasteiger partial charge in [-0.2, -0.15) is 5.10 Å². The second kappa shape index (κ2) is 4.08. The molecular formula is C7H6F4N2O3. The maximum Gasteiger partial charge on any atom is 0.525 e. The van der Waals surface area contributed by atoms with Crippen LogP contribution in [-0.4, -0.2) is 27.2 Å². The predicted molar refractivity (Wildman–Crippen MR) is 41.2 cm³/mol. The number of hydrogen-bond acceptors (Lipinski definition) is 3. The van der Waals surface area contributed by atoms with Gasteiger partial charge < -0.3 is 5.11 Å². The number of halogens is 4. The van der Waals surface area contributed by atoms with Crippen LogP contribution in [0.5, 0.6) is 0 Å². The molecule has 0 aliphatic heterocycles. The van der Waals surface area contributed by atoms with E-state index < -0.39 is 29.9 Å². The summed E-state index contributed by atoms with van der Waals surface area (Å²) in [6.07, 6.45) is -7.29. The summed E-state index contributed by atoms with van der Waals surface area (Å²) in [4.78, 5) is 10.5. The van der Waals surface area contributed by atoms with Crippen molar-refractivity contribution in [2.75, 3.05) is 0 Å². The van der Waals surface area contributed by atoms with Crippen molar-refractivity contribution in [1.29, 1.82) is 0 Å². The SMILES string of the molecule is Cn1cc(C(=O)O)c(C(F)OC(F)(F)F)n1. The van der Waals surface area contributed by atoms with E-state index in [0.29, 0.717) is 0 Å². The van der Waals surface area contributed by atoms with Gasteiger partial charge in [-0.1, -0.05) is 0 Å². The van der Waals surface area contributed by atoms with Crippen LogP contribution in [0, 0.1) is 0 Å². The quantitative estimate of drug-likeness (QED) is 0.818. The fourth-order valence-electron chi connectivity index (χ4n) is 1.01. The van der Waals surface area contributed by atoms with Gasteiger partial charge in [-0.15, -0.1) is 13.2 Å². The molecule has 5 nitrogen and oxygen atoms in total. The highest BCUT2D eigenvalue weighted by molar-refractivity contribution is 5.88. The van der Waals surface area contributed by atoms with Gasteiger partial charge in [-0.05, 0) is 0 Å². The number of carbonyl (C=O) groups is 1. The third kappa shape index (κ3) is 2.92. The summed E-state index contributed by atoms with van der Waals surface area (Å²) < 4.78 is 51.9. The number of hydrogen-bond donors (Lipinski definition) is 1. The molecule has 0 radical (unpaired) electrons. The van der Waals surface area contributed by atoms with Gasteiger partial charge in [0, 0.05) is 13.2 Å². The molecule has 1 aromatic heterocycles. The molecule has 0 bridgehead atoms. The number of alkyl halides is 4. The van der Waals surface area contributed by atoms with Crippen molar-refractivity contribution in [1.82, 2.24) is 9.78 Å². The molecule has 0 amide bonds. The monoisotopic (exact) mass is 242 g/mol. The third-order valence-electron chi connectivity index (χ3n) is 1.54. The van der Waals surface area contributed by atoms with Crippen LogP contribution in [0.25, 0.3) is 0 Å². The summed E-state index contributed by atoms with van der Waals surface area (Å²) in [5.41, 5.74) is -1.61. The first kappa shape index (κ1) is 12.4. The Labute approximate surface area is 86.2 Å². The van der Waals surface area contributed by atoms with Gasteiger partial charge in [-0.25, -0.2) is 9.18 Å². The van der Waals surface area contributed by atoms with Gasteiger partial charge in [0.15, 0.2) is 0 Å². The summed E-state index contributed by atoms with van der Waals surface area (Å²) in [7, 11) is 1.25. The lowest BCUT2D eigenvalue weighted by Gasteiger charge is -2.10. The van der Waals surface area contributed by atoms with Crippen molar-refractivity contribution >= 4 is 5.97 Å². The van der Waals surface area contributed by atoms with Crippen LogP contribution in [0.4, 0.5) is 17.6 Å². The van der Waals surface area contributed by atoms with Crippen molar-refractivity contribution in [3.05, 3.63) is 17.5 Å². The highest BCUT2D eigenvalue weighted by atomic mass is 19.4. The second-order valence-corrected chi connectivity index (χ2v) is 2.79. The minimum atomic E-state index is -5.20. The maximum absolute atomic E-state index is 13.0. The van der Waals surface area contributed by atoms with E-state index in [2.05, 4.69) is 9.84 Å². The lowest BCUT2D eigenvalue weighted by Crippen LogP contribution is -2.17. The normalized spacial score (nSPS) is 13.8. The fourth-order valence-corrected chi connectivity index (χ4v) is 1.01. The molecule has 0 aromatic carbocycles. The molecule has 1 heterocycles. The number of carboxylic acids is 1. The third-order valence-corrected chi connectivity index (χ3v) is 1.54. The molecule has 9 heteroatoms. The van der Waals surface area contributed by atoms with Crippen LogP contribution in [0.2, 0.25) is 0 Å². The molecule has 0 saturated heterocycles. The summed E-state index contributed by atoms with van der Waals surface area (Å²) >= 11 is 0. The summed E-state index contributed by atoms with van der Waals surface area (Å²) in [5, 5.41) is 11.8. The fraction of sp³-hybridized carbons (Fsp3) is 0.429. The zero-order valence-electron chi connectivity index (χ0n) is 7.82. The van der Waals surface area contributed by atoms with Gasteiger partial charge in [0.1, 0.15) is 11.3 Å². The van der Waals surface area contributed by atoms with Crippen LogP contribution < -0.4 is 0 Å². The van der Waals surface area contributed by atoms with Crippen molar-refractivity contribution in [3.8, 4) is 0 Å². The molecule has 0 aliphatic rings. The summed E-state index contributed by atoms with van der Waals surface area (Å²) in [6, 6.07) is 0. The zero-order valence-corrected chi connectivity index (χ0v) is 7.82. The smallest absolute Gasteiger partial charge is 0.478 e. The van der Waals surface area contributed by atoms with Gasteiger partial charge >= 0.3 is 12.3 Å². The van der Waals surface area contributed by atoms with Crippen LogP contribution in [0.3, 0.4) is 0 Å². The lowest BCUT2D eigenvalue weighted by atomic mass is 10.2. The average molecular weight is 242 g/mol. The molecule has 1 atom stereocenters. The molecule has 0 spiro atoms. The Balaban J connectivity index is 2.99. The van der Waals surface area contributed by atoms with E-state index in [1.54, 1.807) is 0 Å². The number of aromatic carboxylic acids is 1. The Kier molecular flexibility index (Phi) is 3.17. The Morgan fingerprint density at radius 2 is 2.19 bits per heavy atom. The predicted octanol–water partition coefficient (Wildman–Crippen LogP) is 1.62. The molecular weight excluding hydrogens is 236 g/mol. The van der Waals surface area contributed by atoms with Crippen molar-refractivity contribution in [2.45, 2.75) is 12.7 Å². The molecule has 1 rings (SSSR count). The van der Waals surface area contributed by atoms with E-state index >= 15 is 0 Å². The van der Waals surface area contributed by atoms with Crippen molar-refractivity contribution in [3.63, 3.8) is 0 Å². The number of rotatable bonds is 3. The Hall–Kier alpha value is -1.64. The summed E-state index contributed by atoms with van der Waals surface area (Å²) in [5.74, 6) is -1.59. The van der Waals surface area contributed by atoms with E-state index in [-0.39, 0.29) is 0 Å². The van der Waals surface area contributed by atoms with Gasteiger partial charge in [0.05, 0.1) is 0 Å². The zero-order chi connectivity index (χ0) is 12.5. The van der Waals surface area contributed by atoms with Crippen LogP contribution >= 0.6 is 0 Å². The van der Waals surface area contributed by atoms with E-state index in [1.807, 2.05) is 0 Å². The molecule has 0 fully saturated rings. The second-order valence-electron chi connectivity index (χ2n) is 2.79. The van der Waals surface area contributed by atoms with Crippen molar-refractivity contribution < 1.29 is 32.2 Å². The lowest BCUT2D eigenvalue weighted by molar-refractivity contribution is -0.363. The Morgan fingerprint density at radius 3 is 2.62 bits per heavy atom. The van der Waals surface area contributed by atoms with E-state index in [4.69, 9.17) is 5.11 Å². The van der Waals surface area contributed by atoms with Crippen molar-refractivity contribution in [2.24, 2.45) is 7.05 Å². The number of aromatic nitrogens is 2. The summed E-state index contributed by atoms with van der Waals surface area (Å²) in [6.45, 7) is 0. The van der Waals surface area contributed by atoms with E-state index in [9.17, 15) is 22.4 Å². The van der Waals surface area contributed by atoms with Gasteiger partial charge in [-0.3, -0.25) is 9.42 Å². The number of ether oxygens (including phenoxy) is 1. The highest BCUT2D eigenvalue weighted by Gasteiger charge is 2.37. The van der Waals surface area contributed by atoms with Crippen LogP contribution in [0.1, 0.15) is 22.4 Å². The first-order valence-corrected chi connectivity index (χ1v) is 3.86. The standard InChI is InChI=1S/C7H6F4N2O3/c1-13-2-3(6(14)15)4(12-13)5(8)16-7(9,10)11/h2,5H,1H3,(H,14,15). The van der Waals surface area contributed by atoms with Gasteiger partial charge in [0.2, 0.25) is 0 Å². The topological polar surface area (TPSA) is 64.4 Å². The van der Waals surface area contributed by atoms with E-state index in [1.165, 1.54) is 7.05 Å². The molecule has 1 unspecified atom stereocenters. The van der Waals surface area contributed by atoms with E-state index in [0.717, 1.165) is 10.9 Å². The van der Waals surface area contributed by atoms with Crippen LogP contribution in [-0.2, 0) is 11.8 Å². The minimum Gasteiger partial charge on any atom is -0.478 e. The molecule has 1 N–H and O–H groups in total. The molecule has 16 heavy (non-hydrogen) atoms. The molecule has 1 aromatic rings. The first-order chi connectivity index (χ1) is 7.20. The van der Waals surface area contributed by atoms with Gasteiger partial charge in [0.25, 0.3) is 6.36 Å². The number of nitrogens with zero attached hydrogens (tertiary/aromatic N) is 2. The highest BCUT2D eigenvalue weighted by Crippen LogP contribution is 2.29. The molecule has 90 valence electrons. The first-order valence-electron chi connectivity index (χ1n) is 3.86. The average Bonchev–Trinajstić information content (AvgIpc) is 2.44. The molecule has 0 saturated carbocycles. The Bertz CT molecular complexity index is 401.